The molecule has 2 amide bonds. The predicted octanol–water partition coefficient (Wildman–Crippen LogP) is 3.48. The van der Waals surface area contributed by atoms with Crippen LogP contribution in [-0.2, 0) is 11.8 Å². The fraction of sp³-hybridized carbons (Fsp3) is 0.320. The van der Waals surface area contributed by atoms with E-state index in [0.717, 1.165) is 25.9 Å². The van der Waals surface area contributed by atoms with Crippen molar-refractivity contribution < 1.29 is 23.8 Å². The molecule has 2 saturated heterocycles. The minimum absolute atomic E-state index is 0.0282. The lowest BCUT2D eigenvalue weighted by Gasteiger charge is -2.30. The van der Waals surface area contributed by atoms with Crippen molar-refractivity contribution in [1.82, 2.24) is 14.7 Å². The summed E-state index contributed by atoms with van der Waals surface area (Å²) in [6.45, 7) is 2.77. The van der Waals surface area contributed by atoms with Crippen molar-refractivity contribution in [1.29, 1.82) is 0 Å². The smallest absolute Gasteiger partial charge is 0.257 e. The lowest BCUT2D eigenvalue weighted by atomic mass is 10.1. The monoisotopic (exact) mass is 462 g/mol. The molecular formula is C25H26N4O5. The molecule has 2 aromatic carbocycles. The first-order valence-electron chi connectivity index (χ1n) is 11.3. The van der Waals surface area contributed by atoms with Crippen LogP contribution >= 0.6 is 0 Å². The number of rotatable bonds is 7. The summed E-state index contributed by atoms with van der Waals surface area (Å²) in [5, 5.41) is 6.98. The van der Waals surface area contributed by atoms with Crippen LogP contribution in [0.3, 0.4) is 0 Å². The Bertz CT molecular complexity index is 1180. The largest absolute Gasteiger partial charge is 0.488 e. The number of amides is 2. The van der Waals surface area contributed by atoms with Crippen molar-refractivity contribution in [2.45, 2.75) is 18.9 Å². The van der Waals surface area contributed by atoms with Gasteiger partial charge in [-0.15, -0.1) is 0 Å². The first kappa shape index (κ1) is 22.0. The zero-order valence-electron chi connectivity index (χ0n) is 18.9. The van der Waals surface area contributed by atoms with E-state index in [4.69, 9.17) is 14.2 Å². The van der Waals surface area contributed by atoms with E-state index in [1.807, 2.05) is 4.90 Å². The number of aryl methyl sites for hydroxylation is 1. The summed E-state index contributed by atoms with van der Waals surface area (Å²) >= 11 is 0. The van der Waals surface area contributed by atoms with E-state index in [1.54, 1.807) is 66.5 Å². The van der Waals surface area contributed by atoms with Gasteiger partial charge in [0.05, 0.1) is 13.2 Å². The van der Waals surface area contributed by atoms with Gasteiger partial charge in [0, 0.05) is 56.0 Å². The van der Waals surface area contributed by atoms with Gasteiger partial charge in [0.25, 0.3) is 11.8 Å². The van der Waals surface area contributed by atoms with Gasteiger partial charge in [-0.1, -0.05) is 0 Å². The van der Waals surface area contributed by atoms with Crippen LogP contribution in [0.1, 0.15) is 33.6 Å². The third kappa shape index (κ3) is 5.04. The summed E-state index contributed by atoms with van der Waals surface area (Å²) in [7, 11) is 1.78. The average molecular weight is 463 g/mol. The molecule has 0 aliphatic carbocycles. The topological polar surface area (TPSA) is 94.9 Å². The van der Waals surface area contributed by atoms with Crippen LogP contribution < -0.4 is 14.8 Å². The minimum atomic E-state index is -0.327. The highest BCUT2D eigenvalue weighted by Crippen LogP contribution is 2.30. The lowest BCUT2D eigenvalue weighted by Crippen LogP contribution is -2.41. The number of nitrogens with zero attached hydrogens (tertiary/aromatic N) is 3. The third-order valence-electron chi connectivity index (χ3n) is 5.77. The van der Waals surface area contributed by atoms with Gasteiger partial charge in [-0.05, 0) is 42.8 Å². The summed E-state index contributed by atoms with van der Waals surface area (Å²) in [4.78, 5) is 27.1. The maximum atomic E-state index is 12.9. The van der Waals surface area contributed by atoms with Gasteiger partial charge in [0.1, 0.15) is 23.4 Å². The SMILES string of the molecule is Cn1ccc(NC(=O)c2cc(Oc3ccc(C(=O)N4CCC4)cc3)cc(O[C@H]3CCOC3)c2)n1. The predicted molar refractivity (Wildman–Crippen MR) is 124 cm³/mol. The Morgan fingerprint density at radius 3 is 2.47 bits per heavy atom. The first-order chi connectivity index (χ1) is 16.5. The minimum Gasteiger partial charge on any atom is -0.488 e. The molecule has 176 valence electrons. The molecule has 0 spiro atoms. The quantitative estimate of drug-likeness (QED) is 0.578. The van der Waals surface area contributed by atoms with Crippen molar-refractivity contribution >= 4 is 17.6 Å². The Hall–Kier alpha value is -3.85. The third-order valence-corrected chi connectivity index (χ3v) is 5.77. The summed E-state index contributed by atoms with van der Waals surface area (Å²) in [6, 6.07) is 13.8. The van der Waals surface area contributed by atoms with E-state index in [0.29, 0.717) is 47.4 Å². The van der Waals surface area contributed by atoms with E-state index < -0.39 is 0 Å². The molecule has 34 heavy (non-hydrogen) atoms. The van der Waals surface area contributed by atoms with Crippen molar-refractivity contribution in [2.24, 2.45) is 7.05 Å². The van der Waals surface area contributed by atoms with Crippen LogP contribution in [0, 0.1) is 0 Å². The lowest BCUT2D eigenvalue weighted by molar-refractivity contribution is 0.0651. The normalized spacial score (nSPS) is 17.2. The van der Waals surface area contributed by atoms with Crippen LogP contribution in [0.15, 0.2) is 54.7 Å². The van der Waals surface area contributed by atoms with Gasteiger partial charge in [-0.25, -0.2) is 0 Å². The van der Waals surface area contributed by atoms with Gasteiger partial charge >= 0.3 is 0 Å². The molecule has 1 atom stereocenters. The number of hydrogen-bond donors (Lipinski definition) is 1. The molecule has 9 heteroatoms. The number of likely N-dealkylation sites (tertiary alicyclic amines) is 1. The molecule has 0 unspecified atom stereocenters. The summed E-state index contributed by atoms with van der Waals surface area (Å²) in [5.41, 5.74) is 1.00. The zero-order valence-corrected chi connectivity index (χ0v) is 18.9. The summed E-state index contributed by atoms with van der Waals surface area (Å²) in [5.74, 6) is 1.67. The Morgan fingerprint density at radius 1 is 1.03 bits per heavy atom. The number of carbonyl (C=O) groups excluding carboxylic acids is 2. The highest BCUT2D eigenvalue weighted by molar-refractivity contribution is 6.04. The highest BCUT2D eigenvalue weighted by atomic mass is 16.5. The fourth-order valence-electron chi connectivity index (χ4n) is 3.80. The van der Waals surface area contributed by atoms with E-state index in [9.17, 15) is 9.59 Å². The molecule has 2 aliphatic heterocycles. The van der Waals surface area contributed by atoms with Crippen molar-refractivity contribution in [3.63, 3.8) is 0 Å². The maximum Gasteiger partial charge on any atom is 0.257 e. The van der Waals surface area contributed by atoms with Crippen LogP contribution in [0.2, 0.25) is 0 Å². The standard InChI is InChI=1S/C25H26N4O5/c1-28-11-7-23(27-28)26-24(30)18-13-21(15-22(14-18)34-20-8-12-32-16-20)33-19-5-3-17(4-6-19)25(31)29-9-2-10-29/h3-7,11,13-15,20H,2,8-10,12,16H2,1H3,(H,26,27,30)/t20-/m0/s1. The summed E-state index contributed by atoms with van der Waals surface area (Å²) < 4.78 is 19.1. The van der Waals surface area contributed by atoms with Crippen LogP contribution in [0.4, 0.5) is 5.82 Å². The van der Waals surface area contributed by atoms with Gasteiger partial charge in [0.2, 0.25) is 0 Å². The molecule has 9 nitrogen and oxygen atoms in total. The Morgan fingerprint density at radius 2 is 1.82 bits per heavy atom. The van der Waals surface area contributed by atoms with E-state index in [-0.39, 0.29) is 17.9 Å². The summed E-state index contributed by atoms with van der Waals surface area (Å²) in [6.07, 6.45) is 3.51. The number of anilines is 1. The van der Waals surface area contributed by atoms with E-state index in [2.05, 4.69) is 10.4 Å². The van der Waals surface area contributed by atoms with Crippen molar-refractivity contribution in [3.8, 4) is 17.2 Å². The Kier molecular flexibility index (Phi) is 6.18. The fourth-order valence-corrected chi connectivity index (χ4v) is 3.80. The molecule has 5 rings (SSSR count). The second-order valence-corrected chi connectivity index (χ2v) is 8.40. The van der Waals surface area contributed by atoms with Crippen molar-refractivity contribution in [3.05, 3.63) is 65.9 Å². The molecule has 0 radical (unpaired) electrons. The maximum absolute atomic E-state index is 12.9. The number of aromatic nitrogens is 2. The first-order valence-corrected chi connectivity index (χ1v) is 11.3. The molecule has 3 heterocycles. The molecule has 1 N–H and O–H groups in total. The van der Waals surface area contributed by atoms with E-state index >= 15 is 0 Å². The average Bonchev–Trinajstić information content (AvgIpc) is 3.44. The highest BCUT2D eigenvalue weighted by Gasteiger charge is 2.22. The molecule has 2 fully saturated rings. The molecule has 2 aliphatic rings. The van der Waals surface area contributed by atoms with Gasteiger partial charge < -0.3 is 24.4 Å². The van der Waals surface area contributed by atoms with Gasteiger partial charge in [-0.2, -0.15) is 5.10 Å². The molecule has 0 saturated carbocycles. The zero-order chi connectivity index (χ0) is 23.5. The van der Waals surface area contributed by atoms with Gasteiger partial charge in [-0.3, -0.25) is 14.3 Å². The Labute approximate surface area is 197 Å². The van der Waals surface area contributed by atoms with Crippen LogP contribution in [0.5, 0.6) is 17.2 Å². The number of hydrogen-bond acceptors (Lipinski definition) is 6. The second kappa shape index (κ2) is 9.56. The van der Waals surface area contributed by atoms with Crippen LogP contribution in [0.25, 0.3) is 0 Å². The molecule has 0 bridgehead atoms. The molecule has 1 aromatic heterocycles. The number of carbonyl (C=O) groups is 2. The number of ether oxygens (including phenoxy) is 3. The number of benzene rings is 2. The number of nitrogens with one attached hydrogen (secondary N) is 1. The molecule has 3 aromatic rings. The Balaban J connectivity index is 1.35. The van der Waals surface area contributed by atoms with E-state index in [1.165, 1.54) is 0 Å². The van der Waals surface area contributed by atoms with Gasteiger partial charge in [0.15, 0.2) is 5.82 Å². The van der Waals surface area contributed by atoms with Crippen molar-refractivity contribution in [2.75, 3.05) is 31.6 Å². The second-order valence-electron chi connectivity index (χ2n) is 8.40. The molecular weight excluding hydrogens is 436 g/mol. The van der Waals surface area contributed by atoms with Crippen LogP contribution in [-0.4, -0.2) is 58.9 Å².